The number of benzene rings is 1. The molecule has 4 heteroatoms. The van der Waals surface area contributed by atoms with Crippen LogP contribution in [0.2, 0.25) is 0 Å². The summed E-state index contributed by atoms with van der Waals surface area (Å²) in [5, 5.41) is 21.4. The minimum absolute atomic E-state index is 0.0381. The minimum Gasteiger partial charge on any atom is -0.504 e. The molecule has 21 heavy (non-hydrogen) atoms. The fourth-order valence-corrected chi connectivity index (χ4v) is 2.21. The molecule has 0 saturated carbocycles. The number of carbonyl (C=O) groups excluding carboxylic acids is 1. The summed E-state index contributed by atoms with van der Waals surface area (Å²) in [4.78, 5) is 11.7. The molecule has 0 spiro atoms. The quantitative estimate of drug-likeness (QED) is 0.453. The number of amides is 1. The molecule has 4 nitrogen and oxygen atoms in total. The third kappa shape index (κ3) is 7.59. The lowest BCUT2D eigenvalue weighted by Crippen LogP contribution is -2.22. The number of hydrogen-bond acceptors (Lipinski definition) is 3. The third-order valence-corrected chi connectivity index (χ3v) is 3.54. The molecule has 0 radical (unpaired) electrons. The van der Waals surface area contributed by atoms with Gasteiger partial charge in [0, 0.05) is 13.0 Å². The van der Waals surface area contributed by atoms with Crippen molar-refractivity contribution in [3.63, 3.8) is 0 Å². The first kappa shape index (κ1) is 17.3. The van der Waals surface area contributed by atoms with Gasteiger partial charge in [0.15, 0.2) is 11.5 Å². The van der Waals surface area contributed by atoms with Crippen LogP contribution < -0.4 is 5.32 Å². The smallest absolute Gasteiger partial charge is 0.220 e. The van der Waals surface area contributed by atoms with Crippen molar-refractivity contribution in [2.24, 2.45) is 0 Å². The van der Waals surface area contributed by atoms with Crippen LogP contribution >= 0.6 is 0 Å². The van der Waals surface area contributed by atoms with Crippen molar-refractivity contribution >= 4 is 5.91 Å². The topological polar surface area (TPSA) is 69.6 Å². The molecule has 118 valence electrons. The highest BCUT2D eigenvalue weighted by molar-refractivity contribution is 5.75. The van der Waals surface area contributed by atoms with E-state index in [9.17, 15) is 15.0 Å². The van der Waals surface area contributed by atoms with E-state index in [4.69, 9.17) is 0 Å². The van der Waals surface area contributed by atoms with Gasteiger partial charge in [0.2, 0.25) is 5.91 Å². The Kier molecular flexibility index (Phi) is 8.32. The van der Waals surface area contributed by atoms with E-state index in [1.807, 2.05) is 0 Å². The molecule has 0 fully saturated rings. The second-order valence-corrected chi connectivity index (χ2v) is 5.47. The molecule has 0 heterocycles. The standard InChI is InChI=1S/C17H27NO3/c1-2-3-4-5-6-7-8-9-17(21)18-13-14-10-11-15(19)16(20)12-14/h10-12,19-20H,2-9,13H2,1H3,(H,18,21). The Morgan fingerprint density at radius 3 is 2.33 bits per heavy atom. The lowest BCUT2D eigenvalue weighted by molar-refractivity contribution is -0.121. The predicted molar refractivity (Wildman–Crippen MR) is 84.2 cm³/mol. The van der Waals surface area contributed by atoms with Gasteiger partial charge in [-0.25, -0.2) is 0 Å². The lowest BCUT2D eigenvalue weighted by Gasteiger charge is -2.06. The fraction of sp³-hybridized carbons (Fsp3) is 0.588. The van der Waals surface area contributed by atoms with Gasteiger partial charge in [-0.3, -0.25) is 4.79 Å². The summed E-state index contributed by atoms with van der Waals surface area (Å²) in [6.07, 6.45) is 8.93. The number of rotatable bonds is 10. The Labute approximate surface area is 127 Å². The summed E-state index contributed by atoms with van der Waals surface area (Å²) in [6, 6.07) is 4.57. The molecule has 1 rings (SSSR count). The number of unbranched alkanes of at least 4 members (excludes halogenated alkanes) is 6. The van der Waals surface area contributed by atoms with Gasteiger partial charge in [-0.15, -0.1) is 0 Å². The zero-order valence-corrected chi connectivity index (χ0v) is 12.9. The van der Waals surface area contributed by atoms with E-state index in [1.54, 1.807) is 6.07 Å². The molecular weight excluding hydrogens is 266 g/mol. The van der Waals surface area contributed by atoms with Crippen LogP contribution in [0.25, 0.3) is 0 Å². The summed E-state index contributed by atoms with van der Waals surface area (Å²) < 4.78 is 0. The number of aromatic hydroxyl groups is 2. The van der Waals surface area contributed by atoms with Crippen molar-refractivity contribution < 1.29 is 15.0 Å². The van der Waals surface area contributed by atoms with Crippen LogP contribution in [0, 0.1) is 0 Å². The normalized spacial score (nSPS) is 10.5. The molecule has 1 aromatic carbocycles. The fourth-order valence-electron chi connectivity index (χ4n) is 2.21. The summed E-state index contributed by atoms with van der Waals surface area (Å²) >= 11 is 0. The Bertz CT molecular complexity index is 432. The summed E-state index contributed by atoms with van der Waals surface area (Å²) in [7, 11) is 0. The average Bonchev–Trinajstić information content (AvgIpc) is 2.47. The SMILES string of the molecule is CCCCCCCCCC(=O)NCc1ccc(O)c(O)c1. The van der Waals surface area contributed by atoms with Crippen LogP contribution in [0.5, 0.6) is 11.5 Å². The van der Waals surface area contributed by atoms with Gasteiger partial charge in [-0.05, 0) is 24.1 Å². The predicted octanol–water partition coefficient (Wildman–Crippen LogP) is 3.85. The zero-order chi connectivity index (χ0) is 15.5. The Morgan fingerprint density at radius 2 is 1.67 bits per heavy atom. The van der Waals surface area contributed by atoms with E-state index in [-0.39, 0.29) is 17.4 Å². The summed E-state index contributed by atoms with van der Waals surface area (Å²) in [5.41, 5.74) is 0.776. The van der Waals surface area contributed by atoms with Crippen molar-refractivity contribution in [1.29, 1.82) is 0 Å². The van der Waals surface area contributed by atoms with Gasteiger partial charge in [-0.1, -0.05) is 51.5 Å². The maximum absolute atomic E-state index is 11.7. The molecule has 0 aliphatic rings. The van der Waals surface area contributed by atoms with Crippen LogP contribution in [0.1, 0.15) is 63.9 Å². The highest BCUT2D eigenvalue weighted by Crippen LogP contribution is 2.24. The molecule has 0 atom stereocenters. The highest BCUT2D eigenvalue weighted by atomic mass is 16.3. The van der Waals surface area contributed by atoms with E-state index in [2.05, 4.69) is 12.2 Å². The monoisotopic (exact) mass is 293 g/mol. The second-order valence-electron chi connectivity index (χ2n) is 5.47. The Balaban J connectivity index is 2.09. The molecule has 0 aromatic heterocycles. The zero-order valence-electron chi connectivity index (χ0n) is 12.9. The van der Waals surface area contributed by atoms with Crippen LogP contribution in [0.3, 0.4) is 0 Å². The largest absolute Gasteiger partial charge is 0.504 e. The molecule has 0 aliphatic carbocycles. The molecule has 3 N–H and O–H groups in total. The highest BCUT2D eigenvalue weighted by Gasteiger charge is 2.04. The number of carbonyl (C=O) groups is 1. The van der Waals surface area contributed by atoms with Crippen LogP contribution in [-0.2, 0) is 11.3 Å². The van der Waals surface area contributed by atoms with Crippen molar-refractivity contribution in [3.05, 3.63) is 23.8 Å². The van der Waals surface area contributed by atoms with Crippen LogP contribution in [0.4, 0.5) is 0 Å². The Morgan fingerprint density at radius 1 is 1.00 bits per heavy atom. The first-order valence-electron chi connectivity index (χ1n) is 7.91. The number of phenols is 2. The molecule has 1 aromatic rings. The lowest BCUT2D eigenvalue weighted by atomic mass is 10.1. The molecular formula is C17H27NO3. The molecule has 0 unspecified atom stereocenters. The maximum atomic E-state index is 11.7. The average molecular weight is 293 g/mol. The first-order chi connectivity index (χ1) is 10.1. The van der Waals surface area contributed by atoms with Crippen molar-refractivity contribution in [2.45, 2.75) is 64.8 Å². The van der Waals surface area contributed by atoms with Gasteiger partial charge in [-0.2, -0.15) is 0 Å². The minimum atomic E-state index is -0.158. The summed E-state index contributed by atoms with van der Waals surface area (Å²) in [5.74, 6) is -0.266. The van der Waals surface area contributed by atoms with Crippen molar-refractivity contribution in [2.75, 3.05) is 0 Å². The molecule has 0 saturated heterocycles. The molecule has 1 amide bonds. The van der Waals surface area contributed by atoms with E-state index >= 15 is 0 Å². The Hall–Kier alpha value is -1.71. The van der Waals surface area contributed by atoms with Gasteiger partial charge < -0.3 is 15.5 Å². The van der Waals surface area contributed by atoms with Crippen molar-refractivity contribution in [1.82, 2.24) is 5.32 Å². The van der Waals surface area contributed by atoms with E-state index in [1.165, 1.54) is 44.2 Å². The van der Waals surface area contributed by atoms with E-state index < -0.39 is 0 Å². The van der Waals surface area contributed by atoms with Gasteiger partial charge >= 0.3 is 0 Å². The van der Waals surface area contributed by atoms with Crippen molar-refractivity contribution in [3.8, 4) is 11.5 Å². The molecule has 0 aliphatic heterocycles. The van der Waals surface area contributed by atoms with E-state index in [0.29, 0.717) is 13.0 Å². The second kappa shape index (κ2) is 10.1. The van der Waals surface area contributed by atoms with E-state index in [0.717, 1.165) is 18.4 Å². The van der Waals surface area contributed by atoms with Crippen LogP contribution in [0.15, 0.2) is 18.2 Å². The summed E-state index contributed by atoms with van der Waals surface area (Å²) in [6.45, 7) is 2.58. The maximum Gasteiger partial charge on any atom is 0.220 e. The number of nitrogens with one attached hydrogen (secondary N) is 1. The number of hydrogen-bond donors (Lipinski definition) is 3. The number of phenolic OH excluding ortho intramolecular Hbond substituents is 2. The van der Waals surface area contributed by atoms with Gasteiger partial charge in [0.25, 0.3) is 0 Å². The van der Waals surface area contributed by atoms with Gasteiger partial charge in [0.05, 0.1) is 0 Å². The van der Waals surface area contributed by atoms with Gasteiger partial charge in [0.1, 0.15) is 0 Å². The first-order valence-corrected chi connectivity index (χ1v) is 7.91. The molecule has 0 bridgehead atoms. The van der Waals surface area contributed by atoms with Crippen LogP contribution in [-0.4, -0.2) is 16.1 Å². The third-order valence-electron chi connectivity index (χ3n) is 3.54.